The Kier molecular flexibility index (Phi) is 4.54. The van der Waals surface area contributed by atoms with Crippen molar-refractivity contribution >= 4 is 0 Å². The van der Waals surface area contributed by atoms with Gasteiger partial charge < -0.3 is 5.11 Å². The summed E-state index contributed by atoms with van der Waals surface area (Å²) in [6.45, 7) is 12.1. The smallest absolute Gasteiger partial charge is 0.0628 e. The van der Waals surface area contributed by atoms with Crippen molar-refractivity contribution < 1.29 is 5.11 Å². The minimum Gasteiger partial charge on any atom is -0.392 e. The van der Waals surface area contributed by atoms with Crippen LogP contribution in [-0.2, 0) is 0 Å². The Balaban J connectivity index is 4.06. The monoisotopic (exact) mass is 170 g/mol. The van der Waals surface area contributed by atoms with Crippen LogP contribution in [0, 0.1) is 5.41 Å². The summed E-state index contributed by atoms with van der Waals surface area (Å²) < 4.78 is 0. The molecule has 0 saturated heterocycles. The van der Waals surface area contributed by atoms with Crippen LogP contribution >= 0.6 is 0 Å². The van der Waals surface area contributed by atoms with E-state index in [1.165, 1.54) is 0 Å². The third kappa shape index (κ3) is 2.98. The van der Waals surface area contributed by atoms with Crippen molar-refractivity contribution in [1.29, 1.82) is 0 Å². The molecule has 0 bridgehead atoms. The Bertz CT molecular complexity index is 147. The number of unbranched alkanes of at least 4 members (excludes halogenated alkanes) is 1. The zero-order valence-corrected chi connectivity index (χ0v) is 8.85. The molecule has 72 valence electrons. The van der Waals surface area contributed by atoms with Crippen molar-refractivity contribution in [1.82, 2.24) is 0 Å². The molecule has 1 nitrogen and oxygen atoms in total. The van der Waals surface area contributed by atoms with E-state index < -0.39 is 0 Å². The van der Waals surface area contributed by atoms with Crippen LogP contribution in [0.3, 0.4) is 0 Å². The molecular formula is C11H22O. The average molecular weight is 170 g/mol. The minimum absolute atomic E-state index is 0.130. The van der Waals surface area contributed by atoms with Gasteiger partial charge in [0.25, 0.3) is 0 Å². The minimum atomic E-state index is -0.241. The molecule has 0 aromatic carbocycles. The lowest BCUT2D eigenvalue weighted by Crippen LogP contribution is -2.29. The van der Waals surface area contributed by atoms with Gasteiger partial charge in [-0.3, -0.25) is 0 Å². The van der Waals surface area contributed by atoms with Gasteiger partial charge in [0.1, 0.15) is 0 Å². The summed E-state index contributed by atoms with van der Waals surface area (Å²) in [5.41, 5.74) is 0.931. The van der Waals surface area contributed by atoms with Crippen LogP contribution in [0.15, 0.2) is 12.2 Å². The van der Waals surface area contributed by atoms with Gasteiger partial charge in [-0.1, -0.05) is 45.8 Å². The standard InChI is InChI=1S/C11H22O/c1-6-7-8-10(12)11(4,5)9(2)3/h10,12H,2,6-8H2,1,3-5H3. The zero-order valence-electron chi connectivity index (χ0n) is 8.85. The van der Waals surface area contributed by atoms with Gasteiger partial charge in [0.15, 0.2) is 0 Å². The Labute approximate surface area is 76.5 Å². The number of rotatable bonds is 5. The van der Waals surface area contributed by atoms with Gasteiger partial charge in [-0.05, 0) is 13.3 Å². The predicted molar refractivity (Wildman–Crippen MR) is 54.1 cm³/mol. The third-order valence-corrected chi connectivity index (χ3v) is 2.76. The Morgan fingerprint density at radius 1 is 1.50 bits per heavy atom. The van der Waals surface area contributed by atoms with Gasteiger partial charge in [-0.15, -0.1) is 0 Å². The van der Waals surface area contributed by atoms with E-state index in [0.29, 0.717) is 0 Å². The van der Waals surface area contributed by atoms with E-state index in [4.69, 9.17) is 0 Å². The molecule has 0 aliphatic carbocycles. The van der Waals surface area contributed by atoms with Crippen LogP contribution in [-0.4, -0.2) is 11.2 Å². The van der Waals surface area contributed by atoms with Crippen LogP contribution in [0.25, 0.3) is 0 Å². The Morgan fingerprint density at radius 3 is 2.33 bits per heavy atom. The molecular weight excluding hydrogens is 148 g/mol. The SMILES string of the molecule is C=C(C)C(C)(C)C(O)CCCC. The maximum Gasteiger partial charge on any atom is 0.0628 e. The molecule has 0 aliphatic rings. The molecule has 1 heteroatoms. The highest BCUT2D eigenvalue weighted by molar-refractivity contribution is 5.06. The highest BCUT2D eigenvalue weighted by atomic mass is 16.3. The van der Waals surface area contributed by atoms with Gasteiger partial charge in [-0.2, -0.15) is 0 Å². The second-order valence-electron chi connectivity index (χ2n) is 4.16. The zero-order chi connectivity index (χ0) is 9.78. The van der Waals surface area contributed by atoms with Crippen LogP contribution in [0.2, 0.25) is 0 Å². The van der Waals surface area contributed by atoms with Gasteiger partial charge in [-0.25, -0.2) is 0 Å². The average Bonchev–Trinajstić information content (AvgIpc) is 1.99. The summed E-state index contributed by atoms with van der Waals surface area (Å²) in [5.74, 6) is 0. The summed E-state index contributed by atoms with van der Waals surface area (Å²) >= 11 is 0. The number of aliphatic hydroxyl groups excluding tert-OH is 1. The molecule has 0 spiro atoms. The topological polar surface area (TPSA) is 20.2 Å². The van der Waals surface area contributed by atoms with Crippen molar-refractivity contribution in [2.24, 2.45) is 5.41 Å². The van der Waals surface area contributed by atoms with Crippen LogP contribution in [0.5, 0.6) is 0 Å². The summed E-state index contributed by atoms with van der Waals surface area (Å²) in [7, 11) is 0. The lowest BCUT2D eigenvalue weighted by Gasteiger charge is -2.31. The Morgan fingerprint density at radius 2 is 2.00 bits per heavy atom. The fourth-order valence-corrected chi connectivity index (χ4v) is 1.04. The highest BCUT2D eigenvalue weighted by Gasteiger charge is 2.27. The molecule has 0 rings (SSSR count). The van der Waals surface area contributed by atoms with E-state index in [1.54, 1.807) is 0 Å². The molecule has 1 atom stereocenters. The van der Waals surface area contributed by atoms with E-state index >= 15 is 0 Å². The summed E-state index contributed by atoms with van der Waals surface area (Å²) in [5, 5.41) is 9.82. The molecule has 1 unspecified atom stereocenters. The maximum atomic E-state index is 9.82. The lowest BCUT2D eigenvalue weighted by molar-refractivity contribution is 0.0650. The molecule has 0 heterocycles. The first-order valence-corrected chi connectivity index (χ1v) is 4.77. The van der Waals surface area contributed by atoms with Gasteiger partial charge in [0.05, 0.1) is 6.10 Å². The quantitative estimate of drug-likeness (QED) is 0.628. The lowest BCUT2D eigenvalue weighted by atomic mass is 9.78. The van der Waals surface area contributed by atoms with E-state index in [-0.39, 0.29) is 11.5 Å². The van der Waals surface area contributed by atoms with E-state index in [0.717, 1.165) is 24.8 Å². The van der Waals surface area contributed by atoms with Gasteiger partial charge in [0.2, 0.25) is 0 Å². The molecule has 0 saturated carbocycles. The van der Waals surface area contributed by atoms with Crippen molar-refractivity contribution in [3.05, 3.63) is 12.2 Å². The third-order valence-electron chi connectivity index (χ3n) is 2.76. The summed E-state index contributed by atoms with van der Waals surface area (Å²) in [6.07, 6.45) is 2.88. The van der Waals surface area contributed by atoms with Gasteiger partial charge >= 0.3 is 0 Å². The first-order chi connectivity index (χ1) is 5.42. The normalized spacial score (nSPS) is 14.4. The maximum absolute atomic E-state index is 9.82. The summed E-state index contributed by atoms with van der Waals surface area (Å²) in [4.78, 5) is 0. The number of hydrogen-bond donors (Lipinski definition) is 1. The van der Waals surface area contributed by atoms with E-state index in [1.807, 2.05) is 6.92 Å². The van der Waals surface area contributed by atoms with Crippen molar-refractivity contribution in [3.8, 4) is 0 Å². The molecule has 0 aromatic rings. The first kappa shape index (κ1) is 11.7. The fraction of sp³-hybridized carbons (Fsp3) is 0.818. The molecule has 0 radical (unpaired) electrons. The molecule has 0 amide bonds. The number of hydrogen-bond acceptors (Lipinski definition) is 1. The largest absolute Gasteiger partial charge is 0.392 e. The molecule has 1 N–H and O–H groups in total. The second kappa shape index (κ2) is 4.66. The predicted octanol–water partition coefficient (Wildman–Crippen LogP) is 3.14. The molecule has 0 aromatic heterocycles. The Hall–Kier alpha value is -0.300. The second-order valence-corrected chi connectivity index (χ2v) is 4.16. The van der Waals surface area contributed by atoms with Crippen LogP contribution in [0.4, 0.5) is 0 Å². The molecule has 0 fully saturated rings. The van der Waals surface area contributed by atoms with Crippen molar-refractivity contribution in [3.63, 3.8) is 0 Å². The molecule has 12 heavy (non-hydrogen) atoms. The number of aliphatic hydroxyl groups is 1. The van der Waals surface area contributed by atoms with Gasteiger partial charge in [0, 0.05) is 5.41 Å². The summed E-state index contributed by atoms with van der Waals surface area (Å²) in [6, 6.07) is 0. The van der Waals surface area contributed by atoms with Crippen molar-refractivity contribution in [2.75, 3.05) is 0 Å². The molecule has 0 aliphatic heterocycles. The highest BCUT2D eigenvalue weighted by Crippen LogP contribution is 2.31. The van der Waals surface area contributed by atoms with Crippen LogP contribution < -0.4 is 0 Å². The van der Waals surface area contributed by atoms with E-state index in [9.17, 15) is 5.11 Å². The first-order valence-electron chi connectivity index (χ1n) is 4.77. The van der Waals surface area contributed by atoms with Crippen LogP contribution in [0.1, 0.15) is 47.0 Å². The fourth-order valence-electron chi connectivity index (χ4n) is 1.04. The van der Waals surface area contributed by atoms with E-state index in [2.05, 4.69) is 27.4 Å². The van der Waals surface area contributed by atoms with Crippen molar-refractivity contribution in [2.45, 2.75) is 53.1 Å².